The Kier molecular flexibility index (Phi) is 3.11. The normalized spacial score (nSPS) is 17.2. The summed E-state index contributed by atoms with van der Waals surface area (Å²) in [5.41, 5.74) is 7.14. The van der Waals surface area contributed by atoms with Crippen LogP contribution in [-0.4, -0.2) is 23.0 Å². The Labute approximate surface area is 94.8 Å². The number of nitrogens with two attached hydrogens (primary N) is 1. The van der Waals surface area contributed by atoms with Gasteiger partial charge in [0.2, 0.25) is 0 Å². The Morgan fingerprint density at radius 3 is 2.88 bits per heavy atom. The maximum atomic E-state index is 9.03. The van der Waals surface area contributed by atoms with E-state index in [1.165, 1.54) is 0 Å². The van der Waals surface area contributed by atoms with E-state index in [2.05, 4.69) is 11.2 Å². The summed E-state index contributed by atoms with van der Waals surface area (Å²) < 4.78 is 6.88. The molecule has 0 atom stereocenters. The summed E-state index contributed by atoms with van der Waals surface area (Å²) in [6, 6.07) is 2.13. The molecule has 0 aliphatic carbocycles. The molecule has 0 bridgehead atoms. The van der Waals surface area contributed by atoms with E-state index in [-0.39, 0.29) is 0 Å². The molecule has 1 aromatic heterocycles. The Morgan fingerprint density at radius 2 is 2.25 bits per heavy atom. The number of aromatic nitrogens is 2. The van der Waals surface area contributed by atoms with Gasteiger partial charge in [-0.1, -0.05) is 0 Å². The van der Waals surface area contributed by atoms with Crippen molar-refractivity contribution >= 4 is 5.82 Å². The molecule has 86 valence electrons. The van der Waals surface area contributed by atoms with E-state index in [9.17, 15) is 0 Å². The average molecular weight is 220 g/mol. The Balaban J connectivity index is 2.14. The van der Waals surface area contributed by atoms with E-state index in [4.69, 9.17) is 15.7 Å². The molecule has 1 saturated heterocycles. The Bertz CT molecular complexity index is 412. The summed E-state index contributed by atoms with van der Waals surface area (Å²) in [7, 11) is 1.77. The fourth-order valence-corrected chi connectivity index (χ4v) is 2.08. The minimum absolute atomic E-state index is 0.463. The second kappa shape index (κ2) is 4.54. The van der Waals surface area contributed by atoms with Crippen LogP contribution in [-0.2, 0) is 18.2 Å². The lowest BCUT2D eigenvalue weighted by Crippen LogP contribution is -2.18. The molecule has 0 spiro atoms. The quantitative estimate of drug-likeness (QED) is 0.801. The fourth-order valence-electron chi connectivity index (χ4n) is 2.08. The van der Waals surface area contributed by atoms with Crippen LogP contribution in [0.5, 0.6) is 0 Å². The minimum atomic E-state index is 0.463. The zero-order valence-corrected chi connectivity index (χ0v) is 9.44. The summed E-state index contributed by atoms with van der Waals surface area (Å²) >= 11 is 0. The van der Waals surface area contributed by atoms with Crippen molar-refractivity contribution in [3.63, 3.8) is 0 Å². The van der Waals surface area contributed by atoms with Crippen LogP contribution in [0.15, 0.2) is 0 Å². The highest BCUT2D eigenvalue weighted by Crippen LogP contribution is 2.23. The molecule has 0 aromatic carbocycles. The Hall–Kier alpha value is -1.54. The summed E-state index contributed by atoms with van der Waals surface area (Å²) in [6.07, 6.45) is 2.92. The third-order valence-corrected chi connectivity index (χ3v) is 3.10. The molecule has 0 saturated carbocycles. The first-order valence-electron chi connectivity index (χ1n) is 5.51. The van der Waals surface area contributed by atoms with Crippen LogP contribution in [0.1, 0.15) is 24.1 Å². The van der Waals surface area contributed by atoms with Crippen molar-refractivity contribution in [2.45, 2.75) is 19.3 Å². The largest absolute Gasteiger partial charge is 0.383 e. The molecule has 1 aliphatic rings. The minimum Gasteiger partial charge on any atom is -0.383 e. The predicted molar refractivity (Wildman–Crippen MR) is 59.6 cm³/mol. The Morgan fingerprint density at radius 1 is 1.56 bits per heavy atom. The molecule has 1 fully saturated rings. The van der Waals surface area contributed by atoms with Gasteiger partial charge in [0.05, 0.1) is 5.69 Å². The standard InChI is InChI=1S/C11H16N4O/c1-15-11(13)9(7-12)10(14-15)6-8-2-4-16-5-3-8/h8H,2-6,13H2,1H3. The number of anilines is 1. The van der Waals surface area contributed by atoms with Gasteiger partial charge in [0.25, 0.3) is 0 Å². The van der Waals surface area contributed by atoms with Crippen LogP contribution >= 0.6 is 0 Å². The number of ether oxygens (including phenoxy) is 1. The monoisotopic (exact) mass is 220 g/mol. The van der Waals surface area contributed by atoms with Crippen molar-refractivity contribution in [1.29, 1.82) is 5.26 Å². The molecule has 1 aliphatic heterocycles. The van der Waals surface area contributed by atoms with Crippen molar-refractivity contribution in [2.75, 3.05) is 18.9 Å². The zero-order chi connectivity index (χ0) is 11.5. The third-order valence-electron chi connectivity index (χ3n) is 3.10. The molecule has 16 heavy (non-hydrogen) atoms. The maximum absolute atomic E-state index is 9.03. The summed E-state index contributed by atoms with van der Waals surface area (Å²) in [6.45, 7) is 1.63. The van der Waals surface area contributed by atoms with Crippen molar-refractivity contribution in [2.24, 2.45) is 13.0 Å². The highest BCUT2D eigenvalue weighted by Gasteiger charge is 2.20. The number of hydrogen-bond acceptors (Lipinski definition) is 4. The van der Waals surface area contributed by atoms with Gasteiger partial charge in [-0.3, -0.25) is 4.68 Å². The van der Waals surface area contributed by atoms with Crippen molar-refractivity contribution in [3.8, 4) is 6.07 Å². The topological polar surface area (TPSA) is 76.9 Å². The number of nitriles is 1. The van der Waals surface area contributed by atoms with Gasteiger partial charge in [0.15, 0.2) is 0 Å². The van der Waals surface area contributed by atoms with E-state index >= 15 is 0 Å². The van der Waals surface area contributed by atoms with Crippen LogP contribution in [0, 0.1) is 17.2 Å². The van der Waals surface area contributed by atoms with E-state index in [0.29, 0.717) is 17.3 Å². The molecule has 2 rings (SSSR count). The van der Waals surface area contributed by atoms with Crippen molar-refractivity contribution < 1.29 is 4.74 Å². The first-order chi connectivity index (χ1) is 7.72. The lowest BCUT2D eigenvalue weighted by Gasteiger charge is -2.20. The van der Waals surface area contributed by atoms with Gasteiger partial charge in [-0.15, -0.1) is 0 Å². The molecule has 0 amide bonds. The average Bonchev–Trinajstić information content (AvgIpc) is 2.56. The van der Waals surface area contributed by atoms with Gasteiger partial charge in [-0.05, 0) is 25.2 Å². The smallest absolute Gasteiger partial charge is 0.139 e. The number of nitrogen functional groups attached to an aromatic ring is 1. The van der Waals surface area contributed by atoms with E-state index in [1.54, 1.807) is 11.7 Å². The first kappa shape index (κ1) is 11.0. The van der Waals surface area contributed by atoms with E-state index < -0.39 is 0 Å². The molecular formula is C11H16N4O. The lowest BCUT2D eigenvalue weighted by molar-refractivity contribution is 0.0662. The highest BCUT2D eigenvalue weighted by atomic mass is 16.5. The second-order valence-corrected chi connectivity index (χ2v) is 4.20. The van der Waals surface area contributed by atoms with Crippen LogP contribution in [0.2, 0.25) is 0 Å². The summed E-state index contributed by atoms with van der Waals surface area (Å²) in [5, 5.41) is 13.3. The van der Waals surface area contributed by atoms with Gasteiger partial charge in [-0.25, -0.2) is 0 Å². The highest BCUT2D eigenvalue weighted by molar-refractivity contribution is 5.51. The molecule has 2 heterocycles. The van der Waals surface area contributed by atoms with Crippen LogP contribution in [0.25, 0.3) is 0 Å². The molecule has 5 nitrogen and oxygen atoms in total. The van der Waals surface area contributed by atoms with Crippen molar-refractivity contribution in [3.05, 3.63) is 11.3 Å². The number of rotatable bonds is 2. The van der Waals surface area contributed by atoms with Gasteiger partial charge < -0.3 is 10.5 Å². The molecule has 0 radical (unpaired) electrons. The third kappa shape index (κ3) is 2.02. The lowest BCUT2D eigenvalue weighted by atomic mass is 9.94. The van der Waals surface area contributed by atoms with Crippen LogP contribution in [0.3, 0.4) is 0 Å². The van der Waals surface area contributed by atoms with Gasteiger partial charge >= 0.3 is 0 Å². The first-order valence-corrected chi connectivity index (χ1v) is 5.51. The molecule has 0 unspecified atom stereocenters. The molecule has 1 aromatic rings. The van der Waals surface area contributed by atoms with E-state index in [1.807, 2.05) is 0 Å². The zero-order valence-electron chi connectivity index (χ0n) is 9.44. The second-order valence-electron chi connectivity index (χ2n) is 4.20. The predicted octanol–water partition coefficient (Wildman–Crippen LogP) is 0.843. The summed E-state index contributed by atoms with van der Waals surface area (Å²) in [5.74, 6) is 1.03. The SMILES string of the molecule is Cn1nc(CC2CCOCC2)c(C#N)c1N. The van der Waals surface area contributed by atoms with Crippen LogP contribution < -0.4 is 5.73 Å². The summed E-state index contributed by atoms with van der Waals surface area (Å²) in [4.78, 5) is 0. The van der Waals surface area contributed by atoms with Crippen LogP contribution in [0.4, 0.5) is 5.82 Å². The molecular weight excluding hydrogens is 204 g/mol. The van der Waals surface area contributed by atoms with Gasteiger partial charge in [0.1, 0.15) is 17.5 Å². The number of aryl methyl sites for hydroxylation is 1. The number of hydrogen-bond donors (Lipinski definition) is 1. The van der Waals surface area contributed by atoms with Gasteiger partial charge in [0, 0.05) is 20.3 Å². The molecule has 2 N–H and O–H groups in total. The van der Waals surface area contributed by atoms with E-state index in [0.717, 1.165) is 38.2 Å². The molecule has 5 heteroatoms. The van der Waals surface area contributed by atoms with Crippen molar-refractivity contribution in [1.82, 2.24) is 9.78 Å². The fraction of sp³-hybridized carbons (Fsp3) is 0.636. The van der Waals surface area contributed by atoms with Gasteiger partial charge in [-0.2, -0.15) is 10.4 Å². The maximum Gasteiger partial charge on any atom is 0.139 e. The number of nitrogens with zero attached hydrogens (tertiary/aromatic N) is 3.